The van der Waals surface area contributed by atoms with E-state index < -0.39 is 5.60 Å². The topological polar surface area (TPSA) is 77.1 Å². The molecule has 2 rings (SSSR count). The van der Waals surface area contributed by atoms with Crippen molar-refractivity contribution in [2.45, 2.75) is 18.9 Å². The van der Waals surface area contributed by atoms with Gasteiger partial charge in [0.1, 0.15) is 11.4 Å². The molecule has 1 fully saturated rings. The van der Waals surface area contributed by atoms with Crippen molar-refractivity contribution in [2.75, 3.05) is 47.1 Å². The first kappa shape index (κ1) is 19.2. The van der Waals surface area contributed by atoms with Crippen LogP contribution in [-0.4, -0.2) is 69.4 Å². The maximum absolute atomic E-state index is 12.9. The Morgan fingerprint density at radius 3 is 2.88 bits per heavy atom. The van der Waals surface area contributed by atoms with Crippen molar-refractivity contribution in [1.29, 1.82) is 0 Å². The van der Waals surface area contributed by atoms with Gasteiger partial charge in [-0.25, -0.2) is 0 Å². The van der Waals surface area contributed by atoms with Crippen LogP contribution in [0.4, 0.5) is 0 Å². The van der Waals surface area contributed by atoms with Crippen LogP contribution >= 0.6 is 0 Å². The molecule has 0 aliphatic carbocycles. The maximum atomic E-state index is 12.9. The highest BCUT2D eigenvalue weighted by molar-refractivity contribution is 5.94. The second kappa shape index (κ2) is 8.82. The van der Waals surface area contributed by atoms with E-state index in [9.17, 15) is 9.59 Å². The fraction of sp³-hybridized carbons (Fsp3) is 0.556. The summed E-state index contributed by atoms with van der Waals surface area (Å²) in [5, 5.41) is 2.60. The van der Waals surface area contributed by atoms with Gasteiger partial charge in [0.05, 0.1) is 32.8 Å². The van der Waals surface area contributed by atoms with Gasteiger partial charge in [0.2, 0.25) is 5.91 Å². The van der Waals surface area contributed by atoms with Gasteiger partial charge in [-0.15, -0.1) is 0 Å². The zero-order valence-electron chi connectivity index (χ0n) is 15.0. The van der Waals surface area contributed by atoms with Gasteiger partial charge in [0, 0.05) is 26.3 Å². The summed E-state index contributed by atoms with van der Waals surface area (Å²) in [6.07, 6.45) is 0.139. The van der Waals surface area contributed by atoms with E-state index in [1.54, 1.807) is 37.3 Å². The third kappa shape index (κ3) is 4.93. The highest BCUT2D eigenvalue weighted by Gasteiger charge is 2.40. The van der Waals surface area contributed by atoms with Crippen molar-refractivity contribution in [3.8, 4) is 5.75 Å². The first-order chi connectivity index (χ1) is 12.0. The molecule has 138 valence electrons. The summed E-state index contributed by atoms with van der Waals surface area (Å²) in [5.41, 5.74) is -0.278. The number of methoxy groups -OCH3 is 1. The second-order valence-electron chi connectivity index (χ2n) is 6.00. The minimum atomic E-state index is -0.833. The molecular formula is C18H26N2O5. The van der Waals surface area contributed by atoms with E-state index in [4.69, 9.17) is 14.2 Å². The third-order valence-electron chi connectivity index (χ3n) is 4.10. The minimum absolute atomic E-state index is 0.109. The minimum Gasteiger partial charge on any atom is -0.494 e. The number of rotatable bonds is 7. The second-order valence-corrected chi connectivity index (χ2v) is 6.00. The molecule has 0 spiro atoms. The van der Waals surface area contributed by atoms with Crippen LogP contribution in [0.2, 0.25) is 0 Å². The normalized spacial score (nSPS) is 20.2. The summed E-state index contributed by atoms with van der Waals surface area (Å²) in [6.45, 7) is 3.80. The fourth-order valence-corrected chi connectivity index (χ4v) is 2.98. The monoisotopic (exact) mass is 350 g/mol. The van der Waals surface area contributed by atoms with Crippen molar-refractivity contribution >= 4 is 11.8 Å². The Labute approximate surface area is 148 Å². The van der Waals surface area contributed by atoms with Gasteiger partial charge < -0.3 is 24.4 Å². The largest absolute Gasteiger partial charge is 0.494 e. The Morgan fingerprint density at radius 2 is 2.20 bits per heavy atom. The highest BCUT2D eigenvalue weighted by atomic mass is 16.5. The Bertz CT molecular complexity index is 603. The van der Waals surface area contributed by atoms with Crippen LogP contribution in [0.25, 0.3) is 0 Å². The molecule has 1 N–H and O–H groups in total. The lowest BCUT2D eigenvalue weighted by Gasteiger charge is -2.42. The molecule has 0 aromatic heterocycles. The molecule has 7 nitrogen and oxygen atoms in total. The van der Waals surface area contributed by atoms with Gasteiger partial charge in [-0.1, -0.05) is 6.07 Å². The van der Waals surface area contributed by atoms with E-state index >= 15 is 0 Å². The zero-order valence-corrected chi connectivity index (χ0v) is 15.0. The number of nitrogens with zero attached hydrogens (tertiary/aromatic N) is 1. The molecule has 1 aliphatic rings. The van der Waals surface area contributed by atoms with E-state index in [2.05, 4.69) is 5.32 Å². The SMILES string of the molecule is CCOc1cccc(C(=O)N2CCO[C@@](COC)(CC(=O)NC)C2)c1. The van der Waals surface area contributed by atoms with Crippen molar-refractivity contribution in [3.63, 3.8) is 0 Å². The van der Waals surface area contributed by atoms with Gasteiger partial charge in [0.25, 0.3) is 5.91 Å². The molecule has 0 bridgehead atoms. The predicted octanol–water partition coefficient (Wildman–Crippen LogP) is 1.08. The van der Waals surface area contributed by atoms with Crippen LogP contribution in [0.15, 0.2) is 24.3 Å². The molecule has 1 aromatic rings. The van der Waals surface area contributed by atoms with E-state index in [0.717, 1.165) is 0 Å². The average Bonchev–Trinajstić information content (AvgIpc) is 2.62. The molecule has 7 heteroatoms. The number of amides is 2. The number of hydrogen-bond acceptors (Lipinski definition) is 5. The maximum Gasteiger partial charge on any atom is 0.254 e. The molecule has 0 unspecified atom stereocenters. The Balaban J connectivity index is 2.16. The lowest BCUT2D eigenvalue weighted by molar-refractivity contribution is -0.150. The number of nitrogens with one attached hydrogen (secondary N) is 1. The number of hydrogen-bond donors (Lipinski definition) is 1. The van der Waals surface area contributed by atoms with Crippen molar-refractivity contribution in [3.05, 3.63) is 29.8 Å². The summed E-state index contributed by atoms with van der Waals surface area (Å²) in [7, 11) is 3.13. The highest BCUT2D eigenvalue weighted by Crippen LogP contribution is 2.25. The van der Waals surface area contributed by atoms with Crippen LogP contribution in [0.5, 0.6) is 5.75 Å². The van der Waals surface area contributed by atoms with E-state index in [-0.39, 0.29) is 24.8 Å². The first-order valence-corrected chi connectivity index (χ1v) is 8.39. The van der Waals surface area contributed by atoms with Crippen LogP contribution in [-0.2, 0) is 14.3 Å². The number of carbonyl (C=O) groups is 2. The molecule has 25 heavy (non-hydrogen) atoms. The van der Waals surface area contributed by atoms with Gasteiger partial charge in [-0.2, -0.15) is 0 Å². The summed E-state index contributed by atoms with van der Waals surface area (Å²) in [6, 6.07) is 7.11. The third-order valence-corrected chi connectivity index (χ3v) is 4.10. The summed E-state index contributed by atoms with van der Waals surface area (Å²) in [5.74, 6) is 0.405. The van der Waals surface area contributed by atoms with Crippen molar-refractivity contribution in [2.24, 2.45) is 0 Å². The predicted molar refractivity (Wildman–Crippen MR) is 92.8 cm³/mol. The smallest absolute Gasteiger partial charge is 0.254 e. The molecular weight excluding hydrogens is 324 g/mol. The summed E-state index contributed by atoms with van der Waals surface area (Å²) < 4.78 is 16.6. The standard InChI is InChI=1S/C18H26N2O5/c1-4-24-15-7-5-6-14(10-15)17(22)20-8-9-25-18(12-20,13-23-3)11-16(21)19-2/h5-7,10H,4,8-9,11-13H2,1-3H3,(H,19,21)/t18-/m0/s1. The van der Waals surface area contributed by atoms with Crippen LogP contribution in [0, 0.1) is 0 Å². The first-order valence-electron chi connectivity index (χ1n) is 8.39. The fourth-order valence-electron chi connectivity index (χ4n) is 2.98. The van der Waals surface area contributed by atoms with Crippen LogP contribution < -0.4 is 10.1 Å². The Morgan fingerprint density at radius 1 is 1.40 bits per heavy atom. The van der Waals surface area contributed by atoms with Crippen molar-refractivity contribution in [1.82, 2.24) is 10.2 Å². The van der Waals surface area contributed by atoms with E-state index in [1.165, 1.54) is 0 Å². The summed E-state index contributed by atoms with van der Waals surface area (Å²) >= 11 is 0. The average molecular weight is 350 g/mol. The van der Waals surface area contributed by atoms with Gasteiger partial charge in [-0.05, 0) is 25.1 Å². The zero-order chi connectivity index (χ0) is 18.3. The molecule has 1 heterocycles. The number of carbonyl (C=O) groups excluding carboxylic acids is 2. The Kier molecular flexibility index (Phi) is 6.78. The van der Waals surface area contributed by atoms with E-state index in [0.29, 0.717) is 37.6 Å². The lowest BCUT2D eigenvalue weighted by Crippen LogP contribution is -2.57. The molecule has 1 aromatic carbocycles. The van der Waals surface area contributed by atoms with Gasteiger partial charge in [-0.3, -0.25) is 9.59 Å². The molecule has 0 saturated carbocycles. The molecule has 2 amide bonds. The number of benzene rings is 1. The van der Waals surface area contributed by atoms with Gasteiger partial charge in [0.15, 0.2) is 0 Å². The van der Waals surface area contributed by atoms with Crippen LogP contribution in [0.1, 0.15) is 23.7 Å². The molecule has 1 atom stereocenters. The Hall–Kier alpha value is -2.12. The number of ether oxygens (including phenoxy) is 3. The van der Waals surface area contributed by atoms with E-state index in [1.807, 2.05) is 13.0 Å². The molecule has 1 aliphatic heterocycles. The summed E-state index contributed by atoms with van der Waals surface area (Å²) in [4.78, 5) is 26.4. The van der Waals surface area contributed by atoms with Crippen LogP contribution in [0.3, 0.4) is 0 Å². The molecule has 1 saturated heterocycles. The molecule has 0 radical (unpaired) electrons. The number of morpholine rings is 1. The lowest BCUT2D eigenvalue weighted by atomic mass is 9.97. The quantitative estimate of drug-likeness (QED) is 0.796. The van der Waals surface area contributed by atoms with Gasteiger partial charge >= 0.3 is 0 Å². The van der Waals surface area contributed by atoms with Crippen molar-refractivity contribution < 1.29 is 23.8 Å².